The molecule has 0 heterocycles. The van der Waals surface area contributed by atoms with Crippen LogP contribution in [0.25, 0.3) is 5.76 Å². The number of benzene rings is 1. The summed E-state index contributed by atoms with van der Waals surface area (Å²) in [6.45, 7) is 0. The Hall–Kier alpha value is -2.83. The van der Waals surface area contributed by atoms with Crippen LogP contribution < -0.4 is 0 Å². The Labute approximate surface area is 99.5 Å². The fourth-order valence-electron chi connectivity index (χ4n) is 1.61. The molecule has 0 radical (unpaired) electrons. The number of phenols is 2. The Morgan fingerprint density at radius 1 is 1.06 bits per heavy atom. The van der Waals surface area contributed by atoms with Crippen molar-refractivity contribution in [2.75, 3.05) is 0 Å². The van der Waals surface area contributed by atoms with Gasteiger partial charge < -0.3 is 20.1 Å². The molecule has 0 aliphatic heterocycles. The second-order valence-corrected chi connectivity index (χ2v) is 3.42. The van der Waals surface area contributed by atoms with Gasteiger partial charge in [0.2, 0.25) is 11.6 Å². The number of carbonyl (C=O) groups excluding carboxylic acids is 2. The lowest BCUT2D eigenvalue weighted by Gasteiger charge is -2.16. The van der Waals surface area contributed by atoms with Gasteiger partial charge in [0.25, 0.3) is 0 Å². The van der Waals surface area contributed by atoms with E-state index in [1.807, 2.05) is 0 Å². The smallest absolute Gasteiger partial charge is 0.507 e. The van der Waals surface area contributed by atoms with Gasteiger partial charge in [0.05, 0.1) is 11.1 Å². The molecule has 0 amide bonds. The van der Waals surface area contributed by atoms with E-state index in [0.717, 1.165) is 12.1 Å². The highest BCUT2D eigenvalue weighted by molar-refractivity contribution is 6.51. The van der Waals surface area contributed by atoms with Crippen molar-refractivity contribution in [1.29, 1.82) is 0 Å². The molecule has 0 spiro atoms. The summed E-state index contributed by atoms with van der Waals surface area (Å²) < 4.78 is 4.31. The van der Waals surface area contributed by atoms with Gasteiger partial charge in [-0.3, -0.25) is 9.59 Å². The van der Waals surface area contributed by atoms with Crippen LogP contribution in [0.1, 0.15) is 15.9 Å². The van der Waals surface area contributed by atoms with Crippen LogP contribution in [0.5, 0.6) is 11.5 Å². The second kappa shape index (κ2) is 3.88. The van der Waals surface area contributed by atoms with E-state index in [9.17, 15) is 24.6 Å². The zero-order valence-corrected chi connectivity index (χ0v) is 8.71. The van der Waals surface area contributed by atoms with Crippen molar-refractivity contribution in [3.05, 3.63) is 29.3 Å². The van der Waals surface area contributed by atoms with E-state index in [1.54, 1.807) is 0 Å². The average molecular weight is 250 g/mol. The minimum absolute atomic E-state index is 0.318. The lowest BCUT2D eigenvalue weighted by Crippen LogP contribution is -2.20. The summed E-state index contributed by atoms with van der Waals surface area (Å²) in [4.78, 5) is 33.3. The van der Waals surface area contributed by atoms with Gasteiger partial charge in [-0.1, -0.05) is 0 Å². The number of carboxylic acid groups (broad SMARTS) is 1. The fourth-order valence-corrected chi connectivity index (χ4v) is 1.61. The molecule has 0 bridgehead atoms. The molecular weight excluding hydrogens is 244 g/mol. The first-order chi connectivity index (χ1) is 8.41. The molecule has 1 aromatic carbocycles. The van der Waals surface area contributed by atoms with E-state index >= 15 is 0 Å². The predicted molar refractivity (Wildman–Crippen MR) is 56.2 cm³/mol. The highest BCUT2D eigenvalue weighted by Crippen LogP contribution is 2.37. The first kappa shape index (κ1) is 11.6. The lowest BCUT2D eigenvalue weighted by atomic mass is 9.92. The number of ether oxygens (including phenoxy) is 1. The van der Waals surface area contributed by atoms with Gasteiger partial charge in [-0.05, 0) is 12.1 Å². The highest BCUT2D eigenvalue weighted by Gasteiger charge is 2.33. The number of aromatic hydroxyl groups is 2. The van der Waals surface area contributed by atoms with Gasteiger partial charge in [0.1, 0.15) is 17.3 Å². The van der Waals surface area contributed by atoms with Crippen molar-refractivity contribution in [2.45, 2.75) is 0 Å². The maximum Gasteiger partial charge on any atom is 0.511 e. The van der Waals surface area contributed by atoms with Crippen LogP contribution >= 0.6 is 0 Å². The Morgan fingerprint density at radius 3 is 2.17 bits per heavy atom. The number of allylic oxidation sites excluding steroid dienone is 1. The van der Waals surface area contributed by atoms with Gasteiger partial charge in [0.15, 0.2) is 0 Å². The molecule has 0 saturated heterocycles. The normalized spacial score (nSPS) is 13.9. The minimum Gasteiger partial charge on any atom is -0.507 e. The van der Waals surface area contributed by atoms with Crippen molar-refractivity contribution in [2.24, 2.45) is 0 Å². The van der Waals surface area contributed by atoms with Crippen LogP contribution in [0.3, 0.4) is 0 Å². The van der Waals surface area contributed by atoms with E-state index in [-0.39, 0.29) is 5.56 Å². The molecule has 0 fully saturated rings. The molecule has 1 aliphatic carbocycles. The van der Waals surface area contributed by atoms with E-state index < -0.39 is 40.5 Å². The van der Waals surface area contributed by atoms with Gasteiger partial charge in [-0.25, -0.2) is 4.79 Å². The van der Waals surface area contributed by atoms with Gasteiger partial charge in [-0.15, -0.1) is 0 Å². The van der Waals surface area contributed by atoms with E-state index in [0.29, 0.717) is 6.08 Å². The molecule has 7 nitrogen and oxygen atoms in total. The topological polar surface area (TPSA) is 121 Å². The largest absolute Gasteiger partial charge is 0.511 e. The molecule has 0 aromatic heterocycles. The van der Waals surface area contributed by atoms with Crippen LogP contribution in [0, 0.1) is 0 Å². The molecule has 3 N–H and O–H groups in total. The third kappa shape index (κ3) is 1.67. The number of Topliss-reactive ketones (excluding diaryl/α,β-unsaturated/α-hetero) is 1. The number of carbonyl (C=O) groups is 3. The first-order valence-electron chi connectivity index (χ1n) is 4.68. The number of hydrogen-bond acceptors (Lipinski definition) is 6. The van der Waals surface area contributed by atoms with Crippen LogP contribution in [-0.2, 0) is 9.53 Å². The molecule has 18 heavy (non-hydrogen) atoms. The van der Waals surface area contributed by atoms with Crippen LogP contribution in [0.15, 0.2) is 18.2 Å². The summed E-state index contributed by atoms with van der Waals surface area (Å²) in [5.41, 5.74) is -0.791. The van der Waals surface area contributed by atoms with E-state index in [1.165, 1.54) is 0 Å². The molecule has 7 heteroatoms. The molecule has 0 saturated carbocycles. The Kier molecular flexibility index (Phi) is 2.51. The molecule has 2 rings (SSSR count). The van der Waals surface area contributed by atoms with E-state index in [4.69, 9.17) is 5.11 Å². The summed E-state index contributed by atoms with van der Waals surface area (Å²) in [6, 6.07) is 2.07. The summed E-state index contributed by atoms with van der Waals surface area (Å²) in [6.07, 6.45) is -1.06. The monoisotopic (exact) mass is 250 g/mol. The third-order valence-corrected chi connectivity index (χ3v) is 2.32. The number of ketones is 2. The van der Waals surface area contributed by atoms with Crippen molar-refractivity contribution in [3.63, 3.8) is 0 Å². The Balaban J connectivity index is 2.72. The Bertz CT molecular complexity index is 612. The molecule has 1 aliphatic rings. The fraction of sp³-hybridized carbons (Fsp3) is 0. The maximum absolute atomic E-state index is 11.6. The summed E-state index contributed by atoms with van der Waals surface area (Å²) >= 11 is 0. The SMILES string of the molecule is O=C(O)OC1=CC(=O)C(=O)c2c(O)ccc(O)c21. The summed E-state index contributed by atoms with van der Waals surface area (Å²) in [7, 11) is 0. The highest BCUT2D eigenvalue weighted by atomic mass is 16.7. The van der Waals surface area contributed by atoms with Gasteiger partial charge in [-0.2, -0.15) is 0 Å². The first-order valence-corrected chi connectivity index (χ1v) is 4.68. The number of hydrogen-bond donors (Lipinski definition) is 3. The van der Waals surface area contributed by atoms with E-state index in [2.05, 4.69) is 4.74 Å². The molecule has 0 atom stereocenters. The number of fused-ring (bicyclic) bond motifs is 1. The molecule has 1 aromatic rings. The van der Waals surface area contributed by atoms with Crippen LogP contribution in [0.2, 0.25) is 0 Å². The van der Waals surface area contributed by atoms with Crippen molar-refractivity contribution >= 4 is 23.5 Å². The standard InChI is InChI=1S/C11H6O7/c12-4-1-2-5(13)9-8(4)7(18-11(16)17)3-6(14)10(9)15/h1-3,12-13H,(H,16,17). The third-order valence-electron chi connectivity index (χ3n) is 2.32. The summed E-state index contributed by atoms with van der Waals surface area (Å²) in [5.74, 6) is -3.61. The van der Waals surface area contributed by atoms with Gasteiger partial charge >= 0.3 is 6.16 Å². The Morgan fingerprint density at radius 2 is 1.61 bits per heavy atom. The van der Waals surface area contributed by atoms with Crippen molar-refractivity contribution < 1.29 is 34.4 Å². The van der Waals surface area contributed by atoms with Crippen LogP contribution in [-0.4, -0.2) is 33.0 Å². The second-order valence-electron chi connectivity index (χ2n) is 3.42. The van der Waals surface area contributed by atoms with Crippen molar-refractivity contribution in [3.8, 4) is 11.5 Å². The van der Waals surface area contributed by atoms with Crippen molar-refractivity contribution in [1.82, 2.24) is 0 Å². The average Bonchev–Trinajstić information content (AvgIpc) is 2.28. The zero-order chi connectivity index (χ0) is 13.4. The number of rotatable bonds is 1. The quantitative estimate of drug-likeness (QED) is 0.384. The maximum atomic E-state index is 11.6. The lowest BCUT2D eigenvalue weighted by molar-refractivity contribution is -0.111. The van der Waals surface area contributed by atoms with Gasteiger partial charge in [0, 0.05) is 6.08 Å². The number of phenolic OH excluding ortho intramolecular Hbond substituents is 2. The summed E-state index contributed by atoms with van der Waals surface area (Å²) in [5, 5.41) is 27.6. The molecule has 92 valence electrons. The molecular formula is C11H6O7. The minimum atomic E-state index is -1.71. The van der Waals surface area contributed by atoms with Crippen LogP contribution in [0.4, 0.5) is 4.79 Å². The molecule has 0 unspecified atom stereocenters. The zero-order valence-electron chi connectivity index (χ0n) is 8.71. The predicted octanol–water partition coefficient (Wildman–Crippen LogP) is 0.899.